The highest BCUT2D eigenvalue weighted by molar-refractivity contribution is 7.12. The largest absolute Gasteiger partial charge is 0.466 e. The molecule has 2 nitrogen and oxygen atoms in total. The summed E-state index contributed by atoms with van der Waals surface area (Å²) in [7, 11) is 0. The van der Waals surface area contributed by atoms with E-state index in [2.05, 4.69) is 6.07 Å². The fourth-order valence-corrected chi connectivity index (χ4v) is 2.54. The molecule has 0 aliphatic carbocycles. The molecule has 3 heteroatoms. The van der Waals surface area contributed by atoms with Gasteiger partial charge >= 0.3 is 0 Å². The Kier molecular flexibility index (Phi) is 2.44. The normalized spacial score (nSPS) is 13.1. The van der Waals surface area contributed by atoms with Crippen molar-refractivity contribution in [2.45, 2.75) is 20.0 Å². The van der Waals surface area contributed by atoms with Crippen LogP contribution in [0.3, 0.4) is 0 Å². The summed E-state index contributed by atoms with van der Waals surface area (Å²) in [6.07, 6.45) is 0.956. The van der Waals surface area contributed by atoms with Crippen LogP contribution in [0.25, 0.3) is 0 Å². The molecule has 74 valence electrons. The van der Waals surface area contributed by atoms with Crippen LogP contribution in [0.4, 0.5) is 0 Å². The topological polar surface area (TPSA) is 33.4 Å². The minimum absolute atomic E-state index is 0.606. The maximum atomic E-state index is 9.99. The van der Waals surface area contributed by atoms with E-state index in [1.165, 1.54) is 4.88 Å². The summed E-state index contributed by atoms with van der Waals surface area (Å²) in [6.45, 7) is 4.04. The van der Waals surface area contributed by atoms with Gasteiger partial charge in [-0.25, -0.2) is 0 Å². The zero-order chi connectivity index (χ0) is 10.1. The zero-order valence-corrected chi connectivity index (χ0v) is 8.97. The van der Waals surface area contributed by atoms with Crippen LogP contribution in [-0.2, 0) is 0 Å². The van der Waals surface area contributed by atoms with E-state index in [4.69, 9.17) is 4.42 Å². The molecule has 0 aliphatic rings. The number of rotatable bonds is 2. The molecule has 2 aromatic rings. The van der Waals surface area contributed by atoms with Gasteiger partial charge in [0.2, 0.25) is 0 Å². The molecule has 0 saturated heterocycles. The molecule has 2 heterocycles. The summed E-state index contributed by atoms with van der Waals surface area (Å²) < 4.78 is 5.17. The van der Waals surface area contributed by atoms with Crippen LogP contribution in [0.1, 0.15) is 27.2 Å². The highest BCUT2D eigenvalue weighted by atomic mass is 32.1. The second-order valence-corrected chi connectivity index (χ2v) is 4.61. The average Bonchev–Trinajstić information content (AvgIpc) is 2.73. The van der Waals surface area contributed by atoms with Crippen molar-refractivity contribution in [3.63, 3.8) is 0 Å². The van der Waals surface area contributed by atoms with Crippen molar-refractivity contribution in [1.82, 2.24) is 0 Å². The summed E-state index contributed by atoms with van der Waals surface area (Å²) in [5, 5.41) is 9.99. The molecule has 0 radical (unpaired) electrons. The molecule has 14 heavy (non-hydrogen) atoms. The summed E-state index contributed by atoms with van der Waals surface area (Å²) in [5.41, 5.74) is 1.12. The first-order valence-electron chi connectivity index (χ1n) is 4.47. The lowest BCUT2D eigenvalue weighted by atomic mass is 10.1. The molecule has 2 rings (SSSR count). The molecular formula is C11H12O2S. The molecule has 1 N–H and O–H groups in total. The predicted octanol–water partition coefficient (Wildman–Crippen LogP) is 3.04. The molecular weight excluding hydrogens is 196 g/mol. The van der Waals surface area contributed by atoms with Gasteiger partial charge in [0.1, 0.15) is 11.9 Å². The van der Waals surface area contributed by atoms with Crippen LogP contribution in [0.15, 0.2) is 28.9 Å². The zero-order valence-electron chi connectivity index (χ0n) is 8.15. The Labute approximate surface area is 86.8 Å². The van der Waals surface area contributed by atoms with Crippen molar-refractivity contribution in [2.24, 2.45) is 0 Å². The van der Waals surface area contributed by atoms with Crippen LogP contribution < -0.4 is 0 Å². The number of thiophene rings is 1. The predicted molar refractivity (Wildman–Crippen MR) is 56.6 cm³/mol. The van der Waals surface area contributed by atoms with Crippen molar-refractivity contribution in [3.8, 4) is 0 Å². The van der Waals surface area contributed by atoms with E-state index in [-0.39, 0.29) is 0 Å². The standard InChI is InChI=1S/C11H12O2S/c1-7-6-8(2)14-11(7)10(12)9-4-3-5-13-9/h3-6,10,12H,1-2H3. The van der Waals surface area contributed by atoms with Gasteiger partial charge < -0.3 is 9.52 Å². The Bertz CT molecular complexity index is 414. The Hall–Kier alpha value is -1.06. The van der Waals surface area contributed by atoms with Gasteiger partial charge in [-0.3, -0.25) is 0 Å². The number of aryl methyl sites for hydroxylation is 2. The molecule has 0 saturated carbocycles. The Morgan fingerprint density at radius 1 is 1.43 bits per heavy atom. The van der Waals surface area contributed by atoms with E-state index in [9.17, 15) is 5.11 Å². The molecule has 0 bridgehead atoms. The molecule has 2 aromatic heterocycles. The molecule has 0 spiro atoms. The number of aliphatic hydroxyl groups is 1. The summed E-state index contributed by atoms with van der Waals surface area (Å²) >= 11 is 1.61. The van der Waals surface area contributed by atoms with Crippen molar-refractivity contribution in [2.75, 3.05) is 0 Å². The Morgan fingerprint density at radius 3 is 2.71 bits per heavy atom. The van der Waals surface area contributed by atoms with E-state index in [0.717, 1.165) is 10.4 Å². The first-order chi connectivity index (χ1) is 6.68. The van der Waals surface area contributed by atoms with Gasteiger partial charge in [-0.2, -0.15) is 0 Å². The fraction of sp³-hybridized carbons (Fsp3) is 0.273. The van der Waals surface area contributed by atoms with Gasteiger partial charge in [-0.1, -0.05) is 0 Å². The van der Waals surface area contributed by atoms with Crippen molar-refractivity contribution < 1.29 is 9.52 Å². The van der Waals surface area contributed by atoms with Crippen LogP contribution in [0, 0.1) is 13.8 Å². The third-order valence-corrected chi connectivity index (χ3v) is 3.35. The summed E-state index contributed by atoms with van der Waals surface area (Å²) in [6, 6.07) is 5.65. The highest BCUT2D eigenvalue weighted by Crippen LogP contribution is 2.31. The molecule has 1 unspecified atom stereocenters. The van der Waals surface area contributed by atoms with Crippen molar-refractivity contribution in [1.29, 1.82) is 0 Å². The molecule has 0 aromatic carbocycles. The van der Waals surface area contributed by atoms with Crippen molar-refractivity contribution >= 4 is 11.3 Å². The summed E-state index contributed by atoms with van der Waals surface area (Å²) in [5.74, 6) is 0.606. The maximum absolute atomic E-state index is 9.99. The number of aliphatic hydroxyl groups excluding tert-OH is 1. The van der Waals surface area contributed by atoms with Crippen LogP contribution in [0.5, 0.6) is 0 Å². The second-order valence-electron chi connectivity index (χ2n) is 3.32. The molecule has 0 aliphatic heterocycles. The van der Waals surface area contributed by atoms with Gasteiger partial charge in [-0.05, 0) is 37.6 Å². The van der Waals surface area contributed by atoms with Crippen LogP contribution in [-0.4, -0.2) is 5.11 Å². The number of furan rings is 1. The Balaban J connectivity index is 2.36. The quantitative estimate of drug-likeness (QED) is 0.823. The molecule has 1 atom stereocenters. The van der Waals surface area contributed by atoms with Crippen LogP contribution in [0.2, 0.25) is 0 Å². The summed E-state index contributed by atoms with van der Waals surface area (Å²) in [4.78, 5) is 2.18. The lowest BCUT2D eigenvalue weighted by Gasteiger charge is -2.05. The monoisotopic (exact) mass is 208 g/mol. The first-order valence-corrected chi connectivity index (χ1v) is 5.28. The van der Waals surface area contributed by atoms with E-state index in [0.29, 0.717) is 5.76 Å². The fourth-order valence-electron chi connectivity index (χ4n) is 1.51. The van der Waals surface area contributed by atoms with E-state index in [1.54, 1.807) is 29.7 Å². The maximum Gasteiger partial charge on any atom is 0.146 e. The Morgan fingerprint density at radius 2 is 2.21 bits per heavy atom. The average molecular weight is 208 g/mol. The van der Waals surface area contributed by atoms with Gasteiger partial charge in [0.25, 0.3) is 0 Å². The van der Waals surface area contributed by atoms with E-state index >= 15 is 0 Å². The molecule has 0 amide bonds. The van der Waals surface area contributed by atoms with Gasteiger partial charge in [-0.15, -0.1) is 11.3 Å². The van der Waals surface area contributed by atoms with E-state index in [1.807, 2.05) is 13.8 Å². The highest BCUT2D eigenvalue weighted by Gasteiger charge is 2.17. The van der Waals surface area contributed by atoms with Crippen LogP contribution >= 0.6 is 11.3 Å². The third-order valence-electron chi connectivity index (χ3n) is 2.14. The smallest absolute Gasteiger partial charge is 0.146 e. The first kappa shape index (κ1) is 9.49. The third kappa shape index (κ3) is 1.61. The number of hydrogen-bond acceptors (Lipinski definition) is 3. The minimum atomic E-state index is -0.622. The minimum Gasteiger partial charge on any atom is -0.466 e. The van der Waals surface area contributed by atoms with E-state index < -0.39 is 6.10 Å². The van der Waals surface area contributed by atoms with Gasteiger partial charge in [0, 0.05) is 9.75 Å². The number of hydrogen-bond donors (Lipinski definition) is 1. The van der Waals surface area contributed by atoms with Gasteiger partial charge in [0.15, 0.2) is 0 Å². The second kappa shape index (κ2) is 3.59. The van der Waals surface area contributed by atoms with Crippen molar-refractivity contribution in [3.05, 3.63) is 45.5 Å². The lowest BCUT2D eigenvalue weighted by Crippen LogP contribution is -1.96. The molecule has 0 fully saturated rings. The van der Waals surface area contributed by atoms with Gasteiger partial charge in [0.05, 0.1) is 6.26 Å². The lowest BCUT2D eigenvalue weighted by molar-refractivity contribution is 0.192. The SMILES string of the molecule is Cc1cc(C)c(C(O)c2ccco2)s1.